The van der Waals surface area contributed by atoms with Crippen molar-refractivity contribution in [1.29, 1.82) is 0 Å². The molecule has 2 amide bonds. The van der Waals surface area contributed by atoms with Gasteiger partial charge in [-0.1, -0.05) is 59.6 Å². The van der Waals surface area contributed by atoms with Crippen LogP contribution < -0.4 is 11.1 Å². The molecule has 0 unspecified atom stereocenters. The Morgan fingerprint density at radius 2 is 1.29 bits per heavy atom. The lowest BCUT2D eigenvalue weighted by Crippen LogP contribution is -2.12. The number of anilines is 1. The minimum absolute atomic E-state index is 0.00575. The molecule has 0 atom stereocenters. The van der Waals surface area contributed by atoms with Gasteiger partial charge < -0.3 is 11.1 Å². The van der Waals surface area contributed by atoms with Crippen molar-refractivity contribution in [2.75, 3.05) is 5.32 Å². The van der Waals surface area contributed by atoms with Crippen molar-refractivity contribution in [3.8, 4) is 22.3 Å². The van der Waals surface area contributed by atoms with Crippen LogP contribution in [0.3, 0.4) is 0 Å². The van der Waals surface area contributed by atoms with E-state index in [1.54, 1.807) is 48.5 Å². The zero-order valence-electron chi connectivity index (χ0n) is 19.2. The Hall–Kier alpha value is -4.80. The minimum Gasteiger partial charge on any atom is -0.366 e. The van der Waals surface area contributed by atoms with Crippen LogP contribution in [0.5, 0.6) is 0 Å². The largest absolute Gasteiger partial charge is 0.366 e. The molecule has 4 aromatic rings. The van der Waals surface area contributed by atoms with Crippen molar-refractivity contribution >= 4 is 52.1 Å². The molecule has 3 N–H and O–H groups in total. The zero-order valence-corrected chi connectivity index (χ0v) is 20.7. The molecular formula is C26H16Cl2N4O6. The van der Waals surface area contributed by atoms with Gasteiger partial charge in [0, 0.05) is 23.9 Å². The molecule has 190 valence electrons. The molecule has 0 bridgehead atoms. The molecule has 0 aromatic heterocycles. The smallest absolute Gasteiger partial charge is 0.278 e. The quantitative estimate of drug-likeness (QED) is 0.197. The van der Waals surface area contributed by atoms with Crippen molar-refractivity contribution in [3.63, 3.8) is 0 Å². The number of benzene rings is 4. The molecule has 0 aliphatic heterocycles. The van der Waals surface area contributed by atoms with Crippen molar-refractivity contribution in [2.45, 2.75) is 0 Å². The number of primary amides is 1. The van der Waals surface area contributed by atoms with Gasteiger partial charge >= 0.3 is 0 Å². The number of nitrogens with two attached hydrogens (primary N) is 1. The number of carbonyl (C=O) groups is 2. The Kier molecular flexibility index (Phi) is 7.38. The summed E-state index contributed by atoms with van der Waals surface area (Å²) in [5, 5.41) is 25.3. The zero-order chi connectivity index (χ0) is 27.6. The van der Waals surface area contributed by atoms with Crippen LogP contribution in [-0.4, -0.2) is 21.7 Å². The molecule has 4 aromatic carbocycles. The molecule has 0 saturated heterocycles. The van der Waals surface area contributed by atoms with E-state index in [1.165, 1.54) is 18.2 Å². The number of halogens is 2. The number of nitrogens with one attached hydrogen (secondary N) is 1. The molecule has 0 saturated carbocycles. The first-order valence-corrected chi connectivity index (χ1v) is 11.5. The van der Waals surface area contributed by atoms with E-state index in [-0.39, 0.29) is 38.1 Å². The SMILES string of the molecule is NC(=O)c1cc([N+](=O)[O-])c(-c2ccc(-c3ccc(NC(=O)c4cc([N+](=O)[O-])ccc4Cl)cc3)cc2)cc1Cl. The van der Waals surface area contributed by atoms with Crippen LogP contribution in [0, 0.1) is 20.2 Å². The van der Waals surface area contributed by atoms with Crippen molar-refractivity contribution < 1.29 is 19.4 Å². The normalized spacial score (nSPS) is 10.6. The van der Waals surface area contributed by atoms with E-state index >= 15 is 0 Å². The fourth-order valence-corrected chi connectivity index (χ4v) is 4.18. The Morgan fingerprint density at radius 3 is 1.84 bits per heavy atom. The maximum absolute atomic E-state index is 12.6. The summed E-state index contributed by atoms with van der Waals surface area (Å²) >= 11 is 12.1. The van der Waals surface area contributed by atoms with Gasteiger partial charge in [0.15, 0.2) is 0 Å². The number of rotatable bonds is 7. The second kappa shape index (κ2) is 10.7. The number of carbonyl (C=O) groups excluding carboxylic acids is 2. The van der Waals surface area contributed by atoms with Crippen LogP contribution in [0.4, 0.5) is 17.1 Å². The molecule has 0 heterocycles. The fourth-order valence-electron chi connectivity index (χ4n) is 3.72. The molecule has 0 aliphatic carbocycles. The molecule has 0 radical (unpaired) electrons. The molecule has 38 heavy (non-hydrogen) atoms. The van der Waals surface area contributed by atoms with Crippen LogP contribution in [0.25, 0.3) is 22.3 Å². The third kappa shape index (κ3) is 5.46. The van der Waals surface area contributed by atoms with E-state index in [1.807, 2.05) is 0 Å². The molecule has 12 heteroatoms. The average molecular weight is 551 g/mol. The summed E-state index contributed by atoms with van der Waals surface area (Å²) in [7, 11) is 0. The van der Waals surface area contributed by atoms with Gasteiger partial charge in [-0.3, -0.25) is 29.8 Å². The van der Waals surface area contributed by atoms with Gasteiger partial charge in [0.25, 0.3) is 17.3 Å². The average Bonchev–Trinajstić information content (AvgIpc) is 2.88. The Morgan fingerprint density at radius 1 is 0.711 bits per heavy atom. The Bertz CT molecular complexity index is 1610. The summed E-state index contributed by atoms with van der Waals surface area (Å²) in [6.45, 7) is 0. The maximum Gasteiger partial charge on any atom is 0.278 e. The predicted octanol–water partition coefficient (Wildman–Crippen LogP) is 6.50. The first-order chi connectivity index (χ1) is 18.0. The van der Waals surface area contributed by atoms with Gasteiger partial charge in [0.05, 0.1) is 36.6 Å². The predicted molar refractivity (Wildman–Crippen MR) is 144 cm³/mol. The Labute approximate surface area is 224 Å². The molecule has 0 spiro atoms. The lowest BCUT2D eigenvalue weighted by Gasteiger charge is -2.10. The van der Waals surface area contributed by atoms with Gasteiger partial charge in [-0.05, 0) is 41.0 Å². The summed E-state index contributed by atoms with van der Waals surface area (Å²) in [6.07, 6.45) is 0. The van der Waals surface area contributed by atoms with E-state index in [2.05, 4.69) is 5.32 Å². The molecule has 0 aliphatic rings. The van der Waals surface area contributed by atoms with E-state index in [4.69, 9.17) is 28.9 Å². The van der Waals surface area contributed by atoms with Crippen molar-refractivity contribution in [1.82, 2.24) is 0 Å². The highest BCUT2D eigenvalue weighted by molar-refractivity contribution is 6.35. The highest BCUT2D eigenvalue weighted by Crippen LogP contribution is 2.36. The van der Waals surface area contributed by atoms with Gasteiger partial charge in [-0.25, -0.2) is 0 Å². The van der Waals surface area contributed by atoms with Crippen molar-refractivity contribution in [2.24, 2.45) is 5.73 Å². The highest BCUT2D eigenvalue weighted by atomic mass is 35.5. The second-order valence-electron chi connectivity index (χ2n) is 8.00. The number of nitro benzene ring substituents is 2. The number of non-ortho nitro benzene ring substituents is 1. The summed E-state index contributed by atoms with van der Waals surface area (Å²) < 4.78 is 0. The number of nitro groups is 2. The fraction of sp³-hybridized carbons (Fsp3) is 0. The summed E-state index contributed by atoms with van der Waals surface area (Å²) in [5.74, 6) is -1.47. The van der Waals surface area contributed by atoms with Gasteiger partial charge in [0.2, 0.25) is 5.91 Å². The van der Waals surface area contributed by atoms with Crippen LogP contribution in [0.2, 0.25) is 10.0 Å². The van der Waals surface area contributed by atoms with Crippen LogP contribution in [-0.2, 0) is 0 Å². The number of amides is 2. The van der Waals surface area contributed by atoms with Gasteiger partial charge in [-0.2, -0.15) is 0 Å². The second-order valence-corrected chi connectivity index (χ2v) is 8.82. The standard InChI is InChI=1S/C26H16Cl2N4O6/c27-22-10-9-18(31(35)36)11-21(22)26(34)30-17-7-5-15(6-8-17)14-1-3-16(4-2-14)19-12-23(28)20(25(29)33)13-24(19)32(37)38/h1-13H,(H2,29,33)(H,30,34). The van der Waals surface area contributed by atoms with Crippen LogP contribution in [0.15, 0.2) is 78.9 Å². The van der Waals surface area contributed by atoms with E-state index in [9.17, 15) is 29.8 Å². The monoisotopic (exact) mass is 550 g/mol. The van der Waals surface area contributed by atoms with E-state index in [0.29, 0.717) is 11.3 Å². The summed E-state index contributed by atoms with van der Waals surface area (Å²) in [6, 6.07) is 19.7. The lowest BCUT2D eigenvalue weighted by molar-refractivity contribution is -0.384. The Balaban J connectivity index is 1.55. The first-order valence-electron chi connectivity index (χ1n) is 10.8. The molecule has 0 fully saturated rings. The molecule has 10 nitrogen and oxygen atoms in total. The first kappa shape index (κ1) is 26.3. The van der Waals surface area contributed by atoms with E-state index < -0.39 is 21.7 Å². The van der Waals surface area contributed by atoms with Crippen molar-refractivity contribution in [3.05, 3.63) is 120 Å². The number of hydrogen-bond acceptors (Lipinski definition) is 6. The number of nitrogens with zero attached hydrogens (tertiary/aromatic N) is 2. The van der Waals surface area contributed by atoms with E-state index in [0.717, 1.165) is 23.3 Å². The highest BCUT2D eigenvalue weighted by Gasteiger charge is 2.21. The summed E-state index contributed by atoms with van der Waals surface area (Å²) in [4.78, 5) is 45.5. The van der Waals surface area contributed by atoms with Crippen LogP contribution in [0.1, 0.15) is 20.7 Å². The van der Waals surface area contributed by atoms with Gasteiger partial charge in [-0.15, -0.1) is 0 Å². The topological polar surface area (TPSA) is 158 Å². The van der Waals surface area contributed by atoms with Gasteiger partial charge in [0.1, 0.15) is 0 Å². The third-order valence-corrected chi connectivity index (χ3v) is 6.27. The number of hydrogen-bond donors (Lipinski definition) is 2. The lowest BCUT2D eigenvalue weighted by atomic mass is 9.98. The molecular weight excluding hydrogens is 535 g/mol. The maximum atomic E-state index is 12.6. The van der Waals surface area contributed by atoms with Crippen LogP contribution >= 0.6 is 23.2 Å². The third-order valence-electron chi connectivity index (χ3n) is 5.62. The summed E-state index contributed by atoms with van der Waals surface area (Å²) in [5.41, 5.74) is 7.28. The molecule has 4 rings (SSSR count). The minimum atomic E-state index is -0.868.